The summed E-state index contributed by atoms with van der Waals surface area (Å²) in [4.78, 5) is 2.40. The normalized spacial score (nSPS) is 12.9. The number of benzene rings is 12. The predicted octanol–water partition coefficient (Wildman–Crippen LogP) is 20.8. The van der Waals surface area contributed by atoms with Crippen LogP contribution < -0.4 is 9.30 Å². The summed E-state index contributed by atoms with van der Waals surface area (Å²) < 4.78 is 1.53. The van der Waals surface area contributed by atoms with Crippen LogP contribution in [0.2, 0.25) is 17.3 Å². The molecular formula is C74H61GeN. The topological polar surface area (TPSA) is 3.24 Å². The molecule has 0 radical (unpaired) electrons. The van der Waals surface area contributed by atoms with Gasteiger partial charge in [-0.25, -0.2) is 0 Å². The summed E-state index contributed by atoms with van der Waals surface area (Å²) in [6.07, 6.45) is 5.28. The van der Waals surface area contributed by atoms with Gasteiger partial charge in [-0.05, 0) is 115 Å². The van der Waals surface area contributed by atoms with Crippen molar-refractivity contribution in [3.8, 4) is 66.8 Å². The van der Waals surface area contributed by atoms with Gasteiger partial charge >= 0.3 is 163 Å². The van der Waals surface area contributed by atoms with Gasteiger partial charge in [0.25, 0.3) is 0 Å². The summed E-state index contributed by atoms with van der Waals surface area (Å²) in [6.45, 7) is 0. The van der Waals surface area contributed by atoms with Gasteiger partial charge in [-0.15, -0.1) is 0 Å². The van der Waals surface area contributed by atoms with Gasteiger partial charge in [0.2, 0.25) is 0 Å². The fraction of sp³-hybridized carbons (Fsp3) is 0.108. The van der Waals surface area contributed by atoms with Crippen LogP contribution in [0.5, 0.6) is 0 Å². The van der Waals surface area contributed by atoms with Crippen LogP contribution in [0.25, 0.3) is 99.1 Å². The van der Waals surface area contributed by atoms with E-state index in [-0.39, 0.29) is 0 Å². The van der Waals surface area contributed by atoms with Crippen LogP contribution in [0, 0.1) is 0 Å². The Labute approximate surface area is 451 Å². The third kappa shape index (κ3) is 9.03. The summed E-state index contributed by atoms with van der Waals surface area (Å²) >= 11 is -2.03. The Hall–Kier alpha value is -8.24. The quantitative estimate of drug-likeness (QED) is 0.117. The van der Waals surface area contributed by atoms with Gasteiger partial charge in [-0.1, -0.05) is 165 Å². The van der Waals surface area contributed by atoms with Gasteiger partial charge in [-0.3, -0.25) is 0 Å². The van der Waals surface area contributed by atoms with E-state index >= 15 is 0 Å². The van der Waals surface area contributed by atoms with Crippen molar-refractivity contribution < 1.29 is 0 Å². The molecule has 1 aliphatic rings. The van der Waals surface area contributed by atoms with Crippen LogP contribution in [0.1, 0.15) is 37.2 Å². The fourth-order valence-electron chi connectivity index (χ4n) is 12.2. The van der Waals surface area contributed by atoms with E-state index in [9.17, 15) is 0 Å². The van der Waals surface area contributed by atoms with Crippen molar-refractivity contribution in [1.82, 2.24) is 0 Å². The summed E-state index contributed by atoms with van der Waals surface area (Å²) in [5.41, 5.74) is 19.7. The number of hydrogen-bond acceptors (Lipinski definition) is 1. The first-order valence-corrected chi connectivity index (χ1v) is 34.6. The summed E-state index contributed by atoms with van der Waals surface area (Å²) in [6, 6.07) is 97.5. The van der Waals surface area contributed by atoms with Crippen LogP contribution in [0.3, 0.4) is 0 Å². The molecule has 1 fully saturated rings. The third-order valence-corrected chi connectivity index (χ3v) is 20.5. The number of hydrogen-bond donors (Lipinski definition) is 0. The summed E-state index contributed by atoms with van der Waals surface area (Å²) in [7, 11) is 0. The molecule has 0 amide bonds. The Morgan fingerprint density at radius 2 is 0.605 bits per heavy atom. The molecule has 0 N–H and O–H groups in total. The molecule has 76 heavy (non-hydrogen) atoms. The Kier molecular flexibility index (Phi) is 12.6. The van der Waals surface area contributed by atoms with Crippen LogP contribution in [-0.4, -0.2) is 13.3 Å². The monoisotopic (exact) mass is 1040 g/mol. The molecule has 0 bridgehead atoms. The van der Waals surface area contributed by atoms with Crippen LogP contribution in [0.15, 0.2) is 261 Å². The van der Waals surface area contributed by atoms with Gasteiger partial charge in [0.1, 0.15) is 0 Å². The van der Waals surface area contributed by atoms with Crippen molar-refractivity contribution in [2.45, 2.75) is 48.9 Å². The van der Waals surface area contributed by atoms with Gasteiger partial charge in [0.15, 0.2) is 0 Å². The molecule has 0 aromatic heterocycles. The standard InChI is InChI=1S/C74H61GeN/c1-75(2,3)59-24-16-23-58(50-59)68-48-46-66(72-28-12-14-30-74(68)72)55-35-41-62(42-36-55)76(60-37-31-53(32-38-60)64-44-43-63(52-19-5-4-6-20-52)69-25-9-10-26-70(64)69)61-39-33-54(34-40-61)65-45-47-67(73-29-13-11-27-71(65)73)57-22-15-21-56(49-57)51-17-7-8-18-51/h4-6,9-16,19-51H,7-8,17-18H2,1-3H3. The molecular weight excluding hydrogens is 975 g/mol. The Morgan fingerprint density at radius 1 is 0.289 bits per heavy atom. The zero-order chi connectivity index (χ0) is 51.2. The van der Waals surface area contributed by atoms with Crippen molar-refractivity contribution in [3.05, 3.63) is 266 Å². The molecule has 13 rings (SSSR count). The van der Waals surface area contributed by atoms with E-state index in [1.807, 2.05) is 0 Å². The first-order valence-electron chi connectivity index (χ1n) is 27.3. The van der Waals surface area contributed by atoms with E-state index in [1.54, 1.807) is 0 Å². The number of rotatable bonds is 11. The SMILES string of the molecule is [CH3][Ge]([CH3])([CH3])[c]1cccc(-c2ccc(-c3ccc(N(c4ccc(-c5ccc(-c6ccccc6)c6ccccc56)cc4)c4ccc(-c5ccc(-c6cccc(C7CCCC7)c6)c6ccccc56)cc4)cc3)c3ccccc23)c1. The van der Waals surface area contributed by atoms with E-state index in [4.69, 9.17) is 0 Å². The number of fused-ring (bicyclic) bond motifs is 3. The van der Waals surface area contributed by atoms with E-state index in [1.165, 1.54) is 135 Å². The first kappa shape index (κ1) is 47.5. The van der Waals surface area contributed by atoms with Crippen molar-refractivity contribution in [1.29, 1.82) is 0 Å². The molecule has 0 saturated heterocycles. The Bertz CT molecular complexity index is 4070. The van der Waals surface area contributed by atoms with Gasteiger partial charge in [0.05, 0.1) is 0 Å². The molecule has 1 aliphatic carbocycles. The van der Waals surface area contributed by atoms with E-state index in [2.05, 4.69) is 283 Å². The van der Waals surface area contributed by atoms with Gasteiger partial charge < -0.3 is 0 Å². The Balaban J connectivity index is 0.879. The van der Waals surface area contributed by atoms with Crippen LogP contribution in [0.4, 0.5) is 17.1 Å². The van der Waals surface area contributed by atoms with Crippen molar-refractivity contribution in [3.63, 3.8) is 0 Å². The van der Waals surface area contributed by atoms with Crippen molar-refractivity contribution >= 4 is 67.0 Å². The van der Waals surface area contributed by atoms with E-state index < -0.39 is 13.3 Å². The zero-order valence-electron chi connectivity index (χ0n) is 43.7. The van der Waals surface area contributed by atoms with Crippen LogP contribution in [-0.2, 0) is 0 Å². The van der Waals surface area contributed by atoms with Crippen molar-refractivity contribution in [2.24, 2.45) is 0 Å². The second-order valence-electron chi connectivity index (χ2n) is 21.9. The van der Waals surface area contributed by atoms with Crippen molar-refractivity contribution in [2.75, 3.05) is 4.90 Å². The maximum atomic E-state index is 2.47. The minimum atomic E-state index is -2.03. The summed E-state index contributed by atoms with van der Waals surface area (Å²) in [5, 5.41) is 7.61. The molecule has 0 unspecified atom stereocenters. The molecule has 2 heteroatoms. The molecule has 0 atom stereocenters. The number of nitrogens with zero attached hydrogens (tertiary/aromatic N) is 1. The van der Waals surface area contributed by atoms with Gasteiger partial charge in [0, 0.05) is 11.4 Å². The molecule has 12 aromatic carbocycles. The Morgan fingerprint density at radius 3 is 0.987 bits per heavy atom. The average Bonchev–Trinajstić information content (AvgIpc) is 4.06. The zero-order valence-corrected chi connectivity index (χ0v) is 45.8. The molecule has 1 nitrogen and oxygen atoms in total. The van der Waals surface area contributed by atoms with E-state index in [0.29, 0.717) is 5.92 Å². The number of anilines is 3. The first-order chi connectivity index (χ1) is 37.3. The third-order valence-electron chi connectivity index (χ3n) is 16.2. The minimum absolute atomic E-state index is 0.680. The summed E-state index contributed by atoms with van der Waals surface area (Å²) in [5.74, 6) is 8.10. The van der Waals surface area contributed by atoms with Gasteiger partial charge in [-0.2, -0.15) is 0 Å². The molecule has 0 spiro atoms. The second kappa shape index (κ2) is 20.1. The second-order valence-corrected chi connectivity index (χ2v) is 32.6. The predicted molar refractivity (Wildman–Crippen MR) is 330 cm³/mol. The fourth-order valence-corrected chi connectivity index (χ4v) is 14.7. The molecule has 0 aliphatic heterocycles. The average molecular weight is 1040 g/mol. The maximum absolute atomic E-state index is 2.47. The molecule has 12 aromatic rings. The van der Waals surface area contributed by atoms with Crippen LogP contribution >= 0.6 is 0 Å². The molecule has 0 heterocycles. The molecule has 366 valence electrons. The molecule has 1 saturated carbocycles. The van der Waals surface area contributed by atoms with E-state index in [0.717, 1.165) is 17.1 Å².